The second kappa shape index (κ2) is 3.37. The first-order chi connectivity index (χ1) is 8.70. The van der Waals surface area contributed by atoms with Crippen LogP contribution < -0.4 is 0 Å². The first kappa shape index (κ1) is 13.0. The molecular weight excluding hydrogens is 244 g/mol. The van der Waals surface area contributed by atoms with Gasteiger partial charge in [-0.3, -0.25) is 4.79 Å². The maximum Gasteiger partial charge on any atom is 0.178 e. The molecule has 1 saturated carbocycles. The first-order valence-corrected chi connectivity index (χ1v) is 6.72. The Morgan fingerprint density at radius 1 is 1.37 bits per heavy atom. The van der Waals surface area contributed by atoms with Gasteiger partial charge < -0.3 is 15.3 Å². The van der Waals surface area contributed by atoms with Gasteiger partial charge in [0.2, 0.25) is 0 Å². The van der Waals surface area contributed by atoms with Crippen LogP contribution in [0.3, 0.4) is 0 Å². The molecule has 4 heteroatoms. The Hall–Kier alpha value is -0.970. The molecule has 19 heavy (non-hydrogen) atoms. The zero-order valence-corrected chi connectivity index (χ0v) is 11.5. The third-order valence-corrected chi connectivity index (χ3v) is 5.28. The molecule has 3 aliphatic rings. The van der Waals surface area contributed by atoms with Crippen LogP contribution >= 0.6 is 0 Å². The summed E-state index contributed by atoms with van der Waals surface area (Å²) in [6.07, 6.45) is 2.30. The monoisotopic (exact) mass is 264 g/mol. The van der Waals surface area contributed by atoms with Crippen molar-refractivity contribution in [3.63, 3.8) is 0 Å². The summed E-state index contributed by atoms with van der Waals surface area (Å²) in [4.78, 5) is 12.5. The fourth-order valence-electron chi connectivity index (χ4n) is 3.65. The highest BCUT2D eigenvalue weighted by atomic mass is 16.3. The van der Waals surface area contributed by atoms with E-state index in [2.05, 4.69) is 0 Å². The summed E-state index contributed by atoms with van der Waals surface area (Å²) >= 11 is 0. The lowest BCUT2D eigenvalue weighted by Gasteiger charge is -2.37. The number of carbonyl (C=O) groups excluding carboxylic acids is 1. The van der Waals surface area contributed by atoms with Gasteiger partial charge in [0.1, 0.15) is 5.60 Å². The smallest absolute Gasteiger partial charge is 0.178 e. The molecular formula is C15H20O4. The Balaban J connectivity index is 2.26. The molecule has 1 spiro atoms. The van der Waals surface area contributed by atoms with Crippen molar-refractivity contribution in [2.45, 2.75) is 45.3 Å². The highest BCUT2D eigenvalue weighted by Crippen LogP contribution is 2.62. The Labute approximate surface area is 112 Å². The maximum absolute atomic E-state index is 12.5. The van der Waals surface area contributed by atoms with Crippen LogP contribution in [0.25, 0.3) is 0 Å². The molecule has 3 atom stereocenters. The number of Topliss-reactive ketones (excluding diaryl/α,β-unsaturated/α-hetero) is 1. The van der Waals surface area contributed by atoms with Crippen LogP contribution in [0.5, 0.6) is 0 Å². The van der Waals surface area contributed by atoms with E-state index in [4.69, 9.17) is 0 Å². The van der Waals surface area contributed by atoms with Crippen molar-refractivity contribution in [3.8, 4) is 0 Å². The molecule has 104 valence electrons. The average Bonchev–Trinajstić information content (AvgIpc) is 3.11. The predicted molar refractivity (Wildman–Crippen MR) is 69.3 cm³/mol. The number of aliphatic hydroxyl groups is 3. The van der Waals surface area contributed by atoms with Gasteiger partial charge in [0.25, 0.3) is 0 Å². The molecule has 0 aromatic heterocycles. The summed E-state index contributed by atoms with van der Waals surface area (Å²) in [6, 6.07) is 0. The molecule has 0 aromatic rings. The molecule has 0 aliphatic heterocycles. The standard InChI is InChI=1S/C15H20O4/c1-8-10-9(6-13(2,7-16)11(10)17)14(3,19)12(18)15(8)4-5-15/h6,11,16-17,19H,4-5,7H2,1-3H3/t11-,13+,14?/m1/s1. The third kappa shape index (κ3) is 1.32. The highest BCUT2D eigenvalue weighted by Gasteiger charge is 2.64. The van der Waals surface area contributed by atoms with Crippen molar-refractivity contribution in [2.75, 3.05) is 6.61 Å². The van der Waals surface area contributed by atoms with Gasteiger partial charge >= 0.3 is 0 Å². The number of fused-ring (bicyclic) bond motifs is 1. The van der Waals surface area contributed by atoms with Crippen LogP contribution in [0.2, 0.25) is 0 Å². The lowest BCUT2D eigenvalue weighted by atomic mass is 9.69. The normalized spacial score (nSPS) is 43.6. The average molecular weight is 264 g/mol. The summed E-state index contributed by atoms with van der Waals surface area (Å²) in [5, 5.41) is 30.6. The topological polar surface area (TPSA) is 77.8 Å². The van der Waals surface area contributed by atoms with E-state index in [9.17, 15) is 20.1 Å². The minimum atomic E-state index is -1.56. The first-order valence-electron chi connectivity index (χ1n) is 6.72. The molecule has 1 fully saturated rings. The second-order valence-corrected chi connectivity index (χ2v) is 6.65. The van der Waals surface area contributed by atoms with Crippen LogP contribution in [0.15, 0.2) is 22.8 Å². The van der Waals surface area contributed by atoms with E-state index in [1.165, 1.54) is 6.92 Å². The van der Waals surface area contributed by atoms with Gasteiger partial charge in [-0.1, -0.05) is 18.6 Å². The van der Waals surface area contributed by atoms with Crippen LogP contribution in [-0.2, 0) is 4.79 Å². The van der Waals surface area contributed by atoms with Gasteiger partial charge in [0, 0.05) is 5.41 Å². The molecule has 4 nitrogen and oxygen atoms in total. The van der Waals surface area contributed by atoms with Gasteiger partial charge in [-0.25, -0.2) is 0 Å². The molecule has 0 aromatic carbocycles. The number of aliphatic hydroxyl groups excluding tert-OH is 2. The summed E-state index contributed by atoms with van der Waals surface area (Å²) in [6.45, 7) is 4.90. The fraction of sp³-hybridized carbons (Fsp3) is 0.667. The van der Waals surface area contributed by atoms with E-state index in [0.29, 0.717) is 11.1 Å². The van der Waals surface area contributed by atoms with Gasteiger partial charge in [-0.2, -0.15) is 0 Å². The number of rotatable bonds is 1. The van der Waals surface area contributed by atoms with Gasteiger partial charge in [-0.05, 0) is 37.8 Å². The van der Waals surface area contributed by atoms with E-state index >= 15 is 0 Å². The zero-order chi connectivity index (χ0) is 14.2. The Bertz CT molecular complexity index is 536. The Morgan fingerprint density at radius 3 is 2.42 bits per heavy atom. The van der Waals surface area contributed by atoms with Gasteiger partial charge in [0.05, 0.1) is 18.1 Å². The maximum atomic E-state index is 12.5. The van der Waals surface area contributed by atoms with Crippen LogP contribution in [0.1, 0.15) is 33.6 Å². The molecule has 1 unspecified atom stereocenters. The van der Waals surface area contributed by atoms with Crippen molar-refractivity contribution in [1.82, 2.24) is 0 Å². The van der Waals surface area contributed by atoms with Gasteiger partial charge in [-0.15, -0.1) is 0 Å². The highest BCUT2D eigenvalue weighted by molar-refractivity contribution is 6.03. The lowest BCUT2D eigenvalue weighted by Crippen LogP contribution is -2.47. The molecule has 3 aliphatic carbocycles. The molecule has 0 bridgehead atoms. The minimum Gasteiger partial charge on any atom is -0.395 e. The summed E-state index contributed by atoms with van der Waals surface area (Å²) in [5.74, 6) is -0.165. The molecule has 0 radical (unpaired) electrons. The van der Waals surface area contributed by atoms with E-state index in [1.54, 1.807) is 13.0 Å². The van der Waals surface area contributed by atoms with E-state index in [-0.39, 0.29) is 12.4 Å². The number of hydrogen-bond acceptors (Lipinski definition) is 4. The second-order valence-electron chi connectivity index (χ2n) is 6.65. The van der Waals surface area contributed by atoms with Gasteiger partial charge in [0.15, 0.2) is 5.78 Å². The quantitative estimate of drug-likeness (QED) is 0.652. The van der Waals surface area contributed by atoms with Crippen LogP contribution in [0.4, 0.5) is 0 Å². The zero-order valence-electron chi connectivity index (χ0n) is 11.5. The minimum absolute atomic E-state index is 0.165. The van der Waals surface area contributed by atoms with E-state index in [1.807, 2.05) is 6.92 Å². The molecule has 0 saturated heterocycles. The Kier molecular flexibility index (Phi) is 2.31. The van der Waals surface area contributed by atoms with Crippen molar-refractivity contribution < 1.29 is 20.1 Å². The lowest BCUT2D eigenvalue weighted by molar-refractivity contribution is -0.137. The molecule has 0 amide bonds. The van der Waals surface area contributed by atoms with E-state index in [0.717, 1.165) is 18.4 Å². The van der Waals surface area contributed by atoms with E-state index < -0.39 is 22.5 Å². The molecule has 3 rings (SSSR count). The summed E-state index contributed by atoms with van der Waals surface area (Å²) < 4.78 is 0. The van der Waals surface area contributed by atoms with Crippen molar-refractivity contribution in [3.05, 3.63) is 22.8 Å². The van der Waals surface area contributed by atoms with Crippen LogP contribution in [0, 0.1) is 10.8 Å². The predicted octanol–water partition coefficient (Wildman–Crippen LogP) is 0.716. The third-order valence-electron chi connectivity index (χ3n) is 5.28. The SMILES string of the molecule is CC1=C2C(=C[C@@](C)(CO)[C@@H]2O)C(C)(O)C(=O)C12CC2. The summed E-state index contributed by atoms with van der Waals surface area (Å²) in [7, 11) is 0. The Morgan fingerprint density at radius 2 is 1.95 bits per heavy atom. The van der Waals surface area contributed by atoms with Crippen molar-refractivity contribution >= 4 is 5.78 Å². The van der Waals surface area contributed by atoms with Crippen molar-refractivity contribution in [2.24, 2.45) is 10.8 Å². The summed E-state index contributed by atoms with van der Waals surface area (Å²) in [5.41, 5.74) is -0.927. The fourth-order valence-corrected chi connectivity index (χ4v) is 3.65. The van der Waals surface area contributed by atoms with Crippen LogP contribution in [-0.4, -0.2) is 39.4 Å². The number of ketones is 1. The number of allylic oxidation sites excluding steroid dienone is 1. The number of hydrogen-bond donors (Lipinski definition) is 3. The van der Waals surface area contributed by atoms with Crippen molar-refractivity contribution in [1.29, 1.82) is 0 Å². The number of carbonyl (C=O) groups is 1. The molecule has 0 heterocycles. The molecule has 3 N–H and O–H groups in total. The largest absolute Gasteiger partial charge is 0.395 e.